The van der Waals surface area contributed by atoms with E-state index in [9.17, 15) is 0 Å². The Bertz CT molecular complexity index is 2010. The average Bonchev–Trinajstić information content (AvgIpc) is 3.68. The van der Waals surface area contributed by atoms with Crippen molar-refractivity contribution in [2.24, 2.45) is 11.8 Å². The minimum atomic E-state index is -1.50. The Morgan fingerprint density at radius 1 is 0.540 bits per heavy atom. The van der Waals surface area contributed by atoms with Crippen molar-refractivity contribution in [1.82, 2.24) is 0 Å². The molecule has 5 aromatic carbocycles. The van der Waals surface area contributed by atoms with Gasteiger partial charge in [0.2, 0.25) is 11.8 Å². The van der Waals surface area contributed by atoms with Crippen LogP contribution in [0, 0.1) is 11.8 Å². The van der Waals surface area contributed by atoms with Crippen molar-refractivity contribution in [3.8, 4) is 17.2 Å². The molecule has 5 aromatic rings. The van der Waals surface area contributed by atoms with Crippen LogP contribution in [0.15, 0.2) is 133 Å². The molecule has 1 saturated heterocycles. The number of Topliss-reactive ketones (excluding diaryl/α,β-unsaturated/α-hetero) is 1. The van der Waals surface area contributed by atoms with E-state index in [1.54, 1.807) is 38.5 Å². The number of nitrogens with zero attached hydrogens (tertiary/aromatic N) is 1. The summed E-state index contributed by atoms with van der Waals surface area (Å²) in [5.74, 6) is -1.06. The highest BCUT2D eigenvalue weighted by molar-refractivity contribution is 6.39. The fraction of sp³-hybridized carbons (Fsp3) is 0.186. The third-order valence-electron chi connectivity index (χ3n) is 10.6. The average molecular weight is 662 g/mol. The van der Waals surface area contributed by atoms with Crippen LogP contribution in [0.2, 0.25) is 0 Å². The van der Waals surface area contributed by atoms with E-state index >= 15 is 14.4 Å². The fourth-order valence-corrected chi connectivity index (χ4v) is 8.75. The quantitative estimate of drug-likeness (QED) is 0.154. The molecular formula is C43H35NO6. The highest BCUT2D eigenvalue weighted by Gasteiger charge is 2.82. The van der Waals surface area contributed by atoms with Gasteiger partial charge in [0.1, 0.15) is 17.2 Å². The molecule has 2 amide bonds. The monoisotopic (exact) mass is 661 g/mol. The molecule has 1 saturated carbocycles. The Labute approximate surface area is 290 Å². The molecule has 2 bridgehead atoms. The summed E-state index contributed by atoms with van der Waals surface area (Å²) in [7, 11) is 3.22. The molecule has 0 unspecified atom stereocenters. The molecule has 0 spiro atoms. The third kappa shape index (κ3) is 4.13. The summed E-state index contributed by atoms with van der Waals surface area (Å²) in [5, 5.41) is 0. The van der Waals surface area contributed by atoms with E-state index in [1.807, 2.05) is 116 Å². The van der Waals surface area contributed by atoms with E-state index in [-0.39, 0.29) is 5.78 Å². The lowest BCUT2D eigenvalue weighted by Gasteiger charge is -2.39. The van der Waals surface area contributed by atoms with Gasteiger partial charge in [0.15, 0.2) is 5.78 Å². The molecule has 2 aliphatic carbocycles. The van der Waals surface area contributed by atoms with Crippen molar-refractivity contribution in [3.05, 3.63) is 156 Å². The summed E-state index contributed by atoms with van der Waals surface area (Å²) >= 11 is 0. The maximum atomic E-state index is 16.1. The number of ether oxygens (including phenoxy) is 3. The fourth-order valence-electron chi connectivity index (χ4n) is 8.75. The number of fused-ring (bicyclic) bond motifs is 5. The maximum absolute atomic E-state index is 16.1. The van der Waals surface area contributed by atoms with Gasteiger partial charge in [-0.3, -0.25) is 14.4 Å². The molecule has 50 heavy (non-hydrogen) atoms. The van der Waals surface area contributed by atoms with Crippen LogP contribution in [0.1, 0.15) is 29.2 Å². The zero-order valence-corrected chi connectivity index (χ0v) is 28.0. The number of benzene rings is 5. The van der Waals surface area contributed by atoms with E-state index in [1.165, 1.54) is 4.90 Å². The molecular weight excluding hydrogens is 626 g/mol. The number of carbonyl (C=O) groups excluding carboxylic acids is 3. The number of amides is 2. The number of methoxy groups -OCH3 is 2. The topological polar surface area (TPSA) is 82.1 Å². The molecule has 2 fully saturated rings. The van der Waals surface area contributed by atoms with Gasteiger partial charge in [-0.1, -0.05) is 84.9 Å². The maximum Gasteiger partial charge on any atom is 0.239 e. The smallest absolute Gasteiger partial charge is 0.239 e. The normalized spacial score (nSPS) is 23.7. The van der Waals surface area contributed by atoms with Crippen LogP contribution in [-0.4, -0.2) is 38.4 Å². The van der Waals surface area contributed by atoms with Crippen molar-refractivity contribution in [2.75, 3.05) is 25.7 Å². The van der Waals surface area contributed by atoms with E-state index in [0.717, 1.165) is 11.1 Å². The van der Waals surface area contributed by atoms with Gasteiger partial charge >= 0.3 is 0 Å². The summed E-state index contributed by atoms with van der Waals surface area (Å²) in [6.45, 7) is 2.38. The Balaban J connectivity index is 1.50. The van der Waals surface area contributed by atoms with Crippen LogP contribution >= 0.6 is 0 Å². The molecule has 0 N–H and O–H groups in total. The molecule has 1 heterocycles. The van der Waals surface area contributed by atoms with Crippen molar-refractivity contribution < 1.29 is 28.6 Å². The van der Waals surface area contributed by atoms with Gasteiger partial charge in [-0.2, -0.15) is 0 Å². The van der Waals surface area contributed by atoms with E-state index in [0.29, 0.717) is 51.8 Å². The van der Waals surface area contributed by atoms with E-state index in [4.69, 9.17) is 14.2 Å². The van der Waals surface area contributed by atoms with E-state index < -0.39 is 34.5 Å². The number of hydrogen-bond acceptors (Lipinski definition) is 6. The minimum absolute atomic E-state index is 0.179. The molecule has 0 radical (unpaired) electrons. The predicted molar refractivity (Wildman–Crippen MR) is 191 cm³/mol. The number of hydrogen-bond donors (Lipinski definition) is 0. The molecule has 7 heteroatoms. The van der Waals surface area contributed by atoms with Gasteiger partial charge < -0.3 is 14.2 Å². The Hall–Kier alpha value is -5.95. The van der Waals surface area contributed by atoms with Crippen molar-refractivity contribution in [1.29, 1.82) is 0 Å². The summed E-state index contributed by atoms with van der Waals surface area (Å²) in [5.41, 5.74) is 1.73. The van der Waals surface area contributed by atoms with Crippen molar-refractivity contribution in [3.63, 3.8) is 0 Å². The second kappa shape index (κ2) is 11.9. The van der Waals surface area contributed by atoms with Crippen LogP contribution < -0.4 is 19.1 Å². The van der Waals surface area contributed by atoms with Crippen molar-refractivity contribution >= 4 is 34.4 Å². The predicted octanol–water partition coefficient (Wildman–Crippen LogP) is 7.29. The van der Waals surface area contributed by atoms with Gasteiger partial charge in [-0.15, -0.1) is 0 Å². The first-order chi connectivity index (χ1) is 24.4. The van der Waals surface area contributed by atoms with Gasteiger partial charge in [0, 0.05) is 0 Å². The first-order valence-corrected chi connectivity index (χ1v) is 16.7. The van der Waals surface area contributed by atoms with Crippen molar-refractivity contribution in [2.45, 2.75) is 17.8 Å². The number of anilines is 1. The highest BCUT2D eigenvalue weighted by atomic mass is 16.5. The zero-order chi connectivity index (χ0) is 34.6. The standard InChI is InChI=1S/C43H35NO6/c1-4-50-34-25-19-31(20-26-34)44-39(45)37-38(40(44)46)43(30-13-9-6-10-14-30)36(28-17-23-33(49-3)24-18-28)35(27-15-21-32(48-2)22-16-27)42(37,41(43)47)29-11-7-5-8-12-29/h5-26,37-38H,4H2,1-3H3/t37-,38+,42-,43-/m0/s1. The summed E-state index contributed by atoms with van der Waals surface area (Å²) < 4.78 is 16.7. The number of rotatable bonds is 9. The largest absolute Gasteiger partial charge is 0.497 e. The summed E-state index contributed by atoms with van der Waals surface area (Å²) in [4.78, 5) is 47.7. The number of allylic oxidation sites excluding steroid dienone is 2. The van der Waals surface area contributed by atoms with Gasteiger partial charge in [0.25, 0.3) is 0 Å². The molecule has 3 aliphatic rings. The zero-order valence-electron chi connectivity index (χ0n) is 28.0. The molecule has 0 aromatic heterocycles. The van der Waals surface area contributed by atoms with Crippen LogP contribution in [0.3, 0.4) is 0 Å². The first-order valence-electron chi connectivity index (χ1n) is 16.7. The highest BCUT2D eigenvalue weighted by Crippen LogP contribution is 2.74. The molecule has 7 nitrogen and oxygen atoms in total. The lowest BCUT2D eigenvalue weighted by Crippen LogP contribution is -2.45. The minimum Gasteiger partial charge on any atom is -0.497 e. The molecule has 4 atom stereocenters. The van der Waals surface area contributed by atoms with Gasteiger partial charge in [-0.25, -0.2) is 4.90 Å². The lowest BCUT2D eigenvalue weighted by atomic mass is 9.59. The number of imide groups is 1. The van der Waals surface area contributed by atoms with Crippen LogP contribution in [-0.2, 0) is 25.2 Å². The molecule has 8 rings (SSSR count). The molecule has 1 aliphatic heterocycles. The Morgan fingerprint density at radius 3 is 1.32 bits per heavy atom. The number of ketones is 1. The molecule has 248 valence electrons. The van der Waals surface area contributed by atoms with Gasteiger partial charge in [0.05, 0.1) is 49.2 Å². The Kier molecular flexibility index (Phi) is 7.44. The third-order valence-corrected chi connectivity index (χ3v) is 10.6. The number of carbonyl (C=O) groups is 3. The SMILES string of the molecule is CCOc1ccc(N2C(=O)[C@@H]3[C@H](C2=O)[C@@]2(c4ccccc4)C(=O)[C@@]3(c3ccccc3)C(c3ccc(OC)cc3)=C2c2ccc(OC)cc2)cc1. The van der Waals surface area contributed by atoms with Crippen LogP contribution in [0.25, 0.3) is 11.1 Å². The van der Waals surface area contributed by atoms with Crippen LogP contribution in [0.5, 0.6) is 17.2 Å². The van der Waals surface area contributed by atoms with E-state index in [2.05, 4.69) is 0 Å². The second-order valence-electron chi connectivity index (χ2n) is 12.8. The summed E-state index contributed by atoms with van der Waals surface area (Å²) in [6, 6.07) is 41.2. The second-order valence-corrected chi connectivity index (χ2v) is 12.8. The first kappa shape index (κ1) is 31.3. The van der Waals surface area contributed by atoms with Gasteiger partial charge in [-0.05, 0) is 88.9 Å². The summed E-state index contributed by atoms with van der Waals surface area (Å²) in [6.07, 6.45) is 0. The van der Waals surface area contributed by atoms with Crippen LogP contribution in [0.4, 0.5) is 5.69 Å². The Morgan fingerprint density at radius 2 is 0.940 bits per heavy atom. The lowest BCUT2D eigenvalue weighted by molar-refractivity contribution is -0.130.